The summed E-state index contributed by atoms with van der Waals surface area (Å²) < 4.78 is 23.0. The van der Waals surface area contributed by atoms with Crippen molar-refractivity contribution in [3.05, 3.63) is 70.6 Å². The van der Waals surface area contributed by atoms with Crippen molar-refractivity contribution < 1.29 is 9.13 Å². The fourth-order valence-corrected chi connectivity index (χ4v) is 4.67. The molecule has 2 aliphatic rings. The van der Waals surface area contributed by atoms with Gasteiger partial charge in [-0.25, -0.2) is 19.3 Å². The Bertz CT molecular complexity index is 1350. The van der Waals surface area contributed by atoms with Crippen LogP contribution >= 0.6 is 11.6 Å². The molecule has 0 spiro atoms. The molecule has 0 amide bonds. The summed E-state index contributed by atoms with van der Waals surface area (Å²) in [5, 5.41) is 5.59. The first-order chi connectivity index (χ1) is 16.0. The van der Waals surface area contributed by atoms with Gasteiger partial charge in [-0.15, -0.1) is 0 Å². The number of aryl methyl sites for hydroxylation is 1. The summed E-state index contributed by atoms with van der Waals surface area (Å²) in [7, 11) is 0. The van der Waals surface area contributed by atoms with Crippen molar-refractivity contribution in [1.29, 1.82) is 0 Å². The Balaban J connectivity index is 1.39. The summed E-state index contributed by atoms with van der Waals surface area (Å²) in [6.45, 7) is 2.53. The smallest absolute Gasteiger partial charge is 0.163 e. The number of halogens is 2. The molecule has 0 radical (unpaired) electrons. The lowest BCUT2D eigenvalue weighted by Gasteiger charge is -2.28. The number of pyridine rings is 1. The van der Waals surface area contributed by atoms with Crippen molar-refractivity contribution in [1.82, 2.24) is 24.7 Å². The Hall–Kier alpha value is -2.90. The molecule has 2 atom stereocenters. The van der Waals surface area contributed by atoms with E-state index in [-0.39, 0.29) is 12.0 Å². The molecule has 6 nitrogen and oxygen atoms in total. The normalized spacial score (nSPS) is 20.9. The summed E-state index contributed by atoms with van der Waals surface area (Å²) >= 11 is 5.99. The van der Waals surface area contributed by atoms with Crippen LogP contribution in [0, 0.1) is 12.7 Å². The lowest BCUT2D eigenvalue weighted by molar-refractivity contribution is 0.00396. The highest BCUT2D eigenvalue weighted by molar-refractivity contribution is 6.30. The summed E-state index contributed by atoms with van der Waals surface area (Å²) in [5.41, 5.74) is 3.46. The van der Waals surface area contributed by atoms with E-state index >= 15 is 0 Å². The number of aromatic nitrogens is 5. The first kappa shape index (κ1) is 20.7. The van der Waals surface area contributed by atoms with Gasteiger partial charge in [0.2, 0.25) is 0 Å². The fourth-order valence-electron chi connectivity index (χ4n) is 4.51. The van der Waals surface area contributed by atoms with Gasteiger partial charge in [-0.2, -0.15) is 5.10 Å². The highest BCUT2D eigenvalue weighted by Crippen LogP contribution is 2.40. The van der Waals surface area contributed by atoms with Gasteiger partial charge in [0, 0.05) is 46.0 Å². The summed E-state index contributed by atoms with van der Waals surface area (Å²) in [6.07, 6.45) is 7.88. The van der Waals surface area contributed by atoms with Crippen LogP contribution in [-0.4, -0.2) is 31.3 Å². The number of hydrogen-bond acceptors (Lipinski definition) is 5. The average molecular weight is 464 g/mol. The van der Waals surface area contributed by atoms with Gasteiger partial charge >= 0.3 is 0 Å². The fraction of sp³-hybridized carbons (Fsp3) is 0.360. The molecule has 8 heteroatoms. The molecule has 2 fully saturated rings. The number of rotatable bonds is 4. The molecule has 4 heterocycles. The minimum atomic E-state index is -0.411. The number of nitrogens with zero attached hydrogens (tertiary/aromatic N) is 5. The quantitative estimate of drug-likeness (QED) is 0.373. The van der Waals surface area contributed by atoms with Crippen molar-refractivity contribution in [3.63, 3.8) is 0 Å². The Kier molecular flexibility index (Phi) is 5.11. The summed E-state index contributed by atoms with van der Waals surface area (Å²) in [6, 6.07) is 9.00. The molecule has 4 aromatic rings. The average Bonchev–Trinajstić information content (AvgIpc) is 3.54. The van der Waals surface area contributed by atoms with Gasteiger partial charge in [0.05, 0.1) is 24.0 Å². The van der Waals surface area contributed by atoms with E-state index in [1.165, 1.54) is 18.9 Å². The molecule has 0 bridgehead atoms. The van der Waals surface area contributed by atoms with Crippen molar-refractivity contribution in [2.45, 2.75) is 50.7 Å². The lowest BCUT2D eigenvalue weighted by atomic mass is 9.92. The van der Waals surface area contributed by atoms with Crippen molar-refractivity contribution >= 4 is 22.6 Å². The van der Waals surface area contributed by atoms with E-state index in [1.54, 1.807) is 12.1 Å². The van der Waals surface area contributed by atoms with Gasteiger partial charge in [0.15, 0.2) is 5.65 Å². The molecular formula is C25H23ClFN5O. The third-order valence-corrected chi connectivity index (χ3v) is 6.70. The number of fused-ring (bicyclic) bond motifs is 1. The molecule has 1 saturated carbocycles. The van der Waals surface area contributed by atoms with Gasteiger partial charge in [-0.1, -0.05) is 11.6 Å². The second-order valence-electron chi connectivity index (χ2n) is 8.94. The largest absolute Gasteiger partial charge is 0.373 e. The van der Waals surface area contributed by atoms with Crippen molar-refractivity contribution in [3.8, 4) is 11.3 Å². The van der Waals surface area contributed by atoms with Crippen LogP contribution in [-0.2, 0) is 4.74 Å². The molecule has 33 heavy (non-hydrogen) atoms. The van der Waals surface area contributed by atoms with Gasteiger partial charge in [0.25, 0.3) is 0 Å². The van der Waals surface area contributed by atoms with E-state index in [9.17, 15) is 4.39 Å². The number of benzene rings is 1. The maximum Gasteiger partial charge on any atom is 0.163 e. The van der Waals surface area contributed by atoms with Gasteiger partial charge in [-0.3, -0.25) is 4.68 Å². The Morgan fingerprint density at radius 2 is 1.97 bits per heavy atom. The number of ether oxygens (including phenoxy) is 1. The van der Waals surface area contributed by atoms with Crippen LogP contribution in [0.5, 0.6) is 0 Å². The van der Waals surface area contributed by atoms with E-state index in [1.807, 2.05) is 29.9 Å². The predicted molar refractivity (Wildman–Crippen MR) is 124 cm³/mol. The molecule has 168 valence electrons. The molecule has 1 aromatic carbocycles. The number of hydrogen-bond donors (Lipinski definition) is 0. The predicted octanol–water partition coefficient (Wildman–Crippen LogP) is 5.96. The zero-order valence-electron chi connectivity index (χ0n) is 18.2. The Morgan fingerprint density at radius 3 is 2.79 bits per heavy atom. The zero-order valence-corrected chi connectivity index (χ0v) is 19.0. The van der Waals surface area contributed by atoms with Crippen LogP contribution < -0.4 is 0 Å². The molecule has 1 aliphatic carbocycles. The highest BCUT2D eigenvalue weighted by Gasteiger charge is 2.31. The minimum absolute atomic E-state index is 0.0586. The van der Waals surface area contributed by atoms with Crippen LogP contribution in [0.25, 0.3) is 22.3 Å². The van der Waals surface area contributed by atoms with Gasteiger partial charge < -0.3 is 4.74 Å². The molecule has 3 aromatic heterocycles. The Morgan fingerprint density at radius 1 is 1.09 bits per heavy atom. The van der Waals surface area contributed by atoms with E-state index < -0.39 is 5.82 Å². The summed E-state index contributed by atoms with van der Waals surface area (Å²) in [4.78, 5) is 14.3. The van der Waals surface area contributed by atoms with E-state index in [0.717, 1.165) is 29.5 Å². The molecular weight excluding hydrogens is 441 g/mol. The molecule has 1 aliphatic heterocycles. The zero-order chi connectivity index (χ0) is 22.5. The van der Waals surface area contributed by atoms with Crippen LogP contribution in [0.15, 0.2) is 42.7 Å². The van der Waals surface area contributed by atoms with E-state index in [4.69, 9.17) is 26.3 Å². The lowest BCUT2D eigenvalue weighted by Crippen LogP contribution is -2.20. The first-order valence-corrected chi connectivity index (χ1v) is 11.7. The maximum absolute atomic E-state index is 14.9. The SMILES string of the molecule is Cc1ccc2c(-c3ccc(Cl)cc3F)nc([C@H]3CCO[C@H](c4cnn(C5CC5)c4)C3)nc2n1. The standard InChI is InChI=1S/C25H23ClFN5O/c1-14-2-6-20-23(19-7-3-17(26)11-21(19)27)30-24(31-25(20)29-14)15-8-9-33-22(10-15)16-12-28-32(13-16)18-4-5-18/h2-3,6-7,11-13,15,18,22H,4-5,8-10H2,1H3/t15-,22-/m0/s1. The second kappa shape index (κ2) is 8.15. The molecule has 6 rings (SSSR count). The van der Waals surface area contributed by atoms with Crippen LogP contribution in [0.3, 0.4) is 0 Å². The monoisotopic (exact) mass is 463 g/mol. The highest BCUT2D eigenvalue weighted by atomic mass is 35.5. The van der Waals surface area contributed by atoms with Crippen molar-refractivity contribution in [2.75, 3.05) is 6.61 Å². The van der Waals surface area contributed by atoms with E-state index in [2.05, 4.69) is 16.3 Å². The minimum Gasteiger partial charge on any atom is -0.373 e. The van der Waals surface area contributed by atoms with Gasteiger partial charge in [-0.05, 0) is 62.9 Å². The summed E-state index contributed by atoms with van der Waals surface area (Å²) in [5.74, 6) is 0.341. The maximum atomic E-state index is 14.9. The second-order valence-corrected chi connectivity index (χ2v) is 9.38. The van der Waals surface area contributed by atoms with Crippen molar-refractivity contribution in [2.24, 2.45) is 0 Å². The third kappa shape index (κ3) is 4.00. The van der Waals surface area contributed by atoms with Crippen LogP contribution in [0.1, 0.15) is 60.8 Å². The Labute approximate surface area is 195 Å². The molecule has 0 N–H and O–H groups in total. The van der Waals surface area contributed by atoms with Crippen LogP contribution in [0.4, 0.5) is 4.39 Å². The molecule has 1 saturated heterocycles. The first-order valence-electron chi connectivity index (χ1n) is 11.3. The molecule has 0 unspecified atom stereocenters. The topological polar surface area (TPSA) is 65.7 Å². The van der Waals surface area contributed by atoms with Gasteiger partial charge in [0.1, 0.15) is 11.6 Å². The van der Waals surface area contributed by atoms with Crippen LogP contribution in [0.2, 0.25) is 5.02 Å². The van der Waals surface area contributed by atoms with E-state index in [0.29, 0.717) is 40.4 Å². The third-order valence-electron chi connectivity index (χ3n) is 6.47.